The van der Waals surface area contributed by atoms with Gasteiger partial charge in [0.25, 0.3) is 5.56 Å². The maximum absolute atomic E-state index is 11.2. The van der Waals surface area contributed by atoms with Gasteiger partial charge in [-0.25, -0.2) is 9.79 Å². The second-order valence-corrected chi connectivity index (χ2v) is 2.73. The van der Waals surface area contributed by atoms with Crippen molar-refractivity contribution >= 4 is 11.9 Å². The molecule has 0 aliphatic heterocycles. The third kappa shape index (κ3) is 2.11. The summed E-state index contributed by atoms with van der Waals surface area (Å²) in [4.78, 5) is 30.1. The van der Waals surface area contributed by atoms with Crippen LogP contribution in [0, 0.1) is 0 Å². The zero-order valence-corrected chi connectivity index (χ0v) is 7.56. The van der Waals surface area contributed by atoms with Crippen molar-refractivity contribution in [3.63, 3.8) is 0 Å². The Bertz CT molecular complexity index is 577. The van der Waals surface area contributed by atoms with Crippen LogP contribution in [0.3, 0.4) is 0 Å². The molecule has 2 aromatic heterocycles. The lowest BCUT2D eigenvalue weighted by atomic mass is 10.5. The Kier molecular flexibility index (Phi) is 2.32. The summed E-state index contributed by atoms with van der Waals surface area (Å²) in [5.41, 5.74) is -0.982. The number of furan rings is 1. The average Bonchev–Trinajstić information content (AvgIpc) is 2.69. The van der Waals surface area contributed by atoms with Crippen molar-refractivity contribution in [3.8, 4) is 0 Å². The molecule has 0 aromatic carbocycles. The van der Waals surface area contributed by atoms with Crippen LogP contribution in [0.1, 0.15) is 5.76 Å². The third-order valence-electron chi connectivity index (χ3n) is 1.67. The lowest BCUT2D eigenvalue weighted by molar-refractivity contribution is 0.560. The molecule has 2 aromatic rings. The first-order chi connectivity index (χ1) is 7.25. The molecule has 2 heterocycles. The van der Waals surface area contributed by atoms with Gasteiger partial charge in [-0.15, -0.1) is 0 Å². The van der Waals surface area contributed by atoms with Crippen molar-refractivity contribution in [2.24, 2.45) is 4.99 Å². The first kappa shape index (κ1) is 9.20. The molecule has 0 saturated carbocycles. The summed E-state index contributed by atoms with van der Waals surface area (Å²) in [5.74, 6) is 0.528. The molecule has 6 heteroatoms. The quantitative estimate of drug-likeness (QED) is 0.695. The van der Waals surface area contributed by atoms with Crippen LogP contribution in [0.4, 0.5) is 5.69 Å². The number of aliphatic imine (C=N–C) groups is 1. The van der Waals surface area contributed by atoms with Crippen LogP contribution in [0.5, 0.6) is 0 Å². The summed E-state index contributed by atoms with van der Waals surface area (Å²) in [6.45, 7) is 0. The van der Waals surface area contributed by atoms with Gasteiger partial charge < -0.3 is 9.40 Å². The summed E-state index contributed by atoms with van der Waals surface area (Å²) in [5, 5.41) is 0. The van der Waals surface area contributed by atoms with Gasteiger partial charge in [-0.3, -0.25) is 9.78 Å². The normalized spacial score (nSPS) is 10.9. The maximum Gasteiger partial charge on any atom is 0.325 e. The van der Waals surface area contributed by atoms with Gasteiger partial charge in [-0.05, 0) is 12.1 Å². The average molecular weight is 205 g/mol. The Hall–Kier alpha value is -2.37. The van der Waals surface area contributed by atoms with Crippen molar-refractivity contribution in [3.05, 3.63) is 51.2 Å². The molecule has 0 bridgehead atoms. The number of aromatic amines is 2. The molecule has 0 fully saturated rings. The molecule has 0 saturated heterocycles. The largest absolute Gasteiger partial charge is 0.463 e. The Balaban J connectivity index is 2.33. The zero-order valence-electron chi connectivity index (χ0n) is 7.56. The van der Waals surface area contributed by atoms with Gasteiger partial charge in [0.15, 0.2) is 0 Å². The molecule has 0 unspecified atom stereocenters. The van der Waals surface area contributed by atoms with E-state index in [1.165, 1.54) is 18.7 Å². The highest BCUT2D eigenvalue weighted by atomic mass is 16.3. The van der Waals surface area contributed by atoms with Gasteiger partial charge >= 0.3 is 5.69 Å². The highest BCUT2D eigenvalue weighted by Crippen LogP contribution is 2.01. The molecule has 0 amide bonds. The SMILES string of the molecule is O=c1[nH]cc(N=Cc2ccco2)c(=O)[nH]1. The lowest BCUT2D eigenvalue weighted by Crippen LogP contribution is -2.20. The molecule has 0 aliphatic carbocycles. The molecule has 2 rings (SSSR count). The monoisotopic (exact) mass is 205 g/mol. The minimum Gasteiger partial charge on any atom is -0.463 e. The molecule has 6 nitrogen and oxygen atoms in total. The fourth-order valence-electron chi connectivity index (χ4n) is 0.996. The fourth-order valence-corrected chi connectivity index (χ4v) is 0.996. The summed E-state index contributed by atoms with van der Waals surface area (Å²) in [6, 6.07) is 3.40. The molecule has 0 atom stereocenters. The predicted octanol–water partition coefficient (Wildman–Crippen LogP) is 0.407. The summed E-state index contributed by atoms with van der Waals surface area (Å²) in [6.07, 6.45) is 4.13. The van der Waals surface area contributed by atoms with Gasteiger partial charge in [0.2, 0.25) is 0 Å². The van der Waals surface area contributed by atoms with Gasteiger partial charge in [0, 0.05) is 6.20 Å². The Morgan fingerprint density at radius 2 is 2.27 bits per heavy atom. The Morgan fingerprint density at radius 3 is 2.93 bits per heavy atom. The van der Waals surface area contributed by atoms with Crippen LogP contribution in [0.2, 0.25) is 0 Å². The second-order valence-electron chi connectivity index (χ2n) is 2.73. The van der Waals surface area contributed by atoms with E-state index in [4.69, 9.17) is 4.42 Å². The van der Waals surface area contributed by atoms with Crippen molar-refractivity contribution in [1.29, 1.82) is 0 Å². The van der Waals surface area contributed by atoms with E-state index < -0.39 is 11.2 Å². The van der Waals surface area contributed by atoms with Crippen LogP contribution in [0.15, 0.2) is 43.6 Å². The number of rotatable bonds is 2. The first-order valence-corrected chi connectivity index (χ1v) is 4.15. The summed E-state index contributed by atoms with van der Waals surface area (Å²) in [7, 11) is 0. The van der Waals surface area contributed by atoms with Crippen LogP contribution in [-0.4, -0.2) is 16.2 Å². The Morgan fingerprint density at radius 1 is 1.40 bits per heavy atom. The number of nitrogens with zero attached hydrogens (tertiary/aromatic N) is 1. The minimum absolute atomic E-state index is 0.117. The zero-order chi connectivity index (χ0) is 10.7. The number of hydrogen-bond donors (Lipinski definition) is 2. The van der Waals surface area contributed by atoms with Gasteiger partial charge in [0.1, 0.15) is 11.4 Å². The minimum atomic E-state index is -0.558. The molecular weight excluding hydrogens is 198 g/mol. The standard InChI is InChI=1S/C9H7N3O3/c13-8-7(5-11-9(14)12-8)10-4-6-2-1-3-15-6/h1-5H,(H2,11,12,13,14). The van der Waals surface area contributed by atoms with E-state index in [1.807, 2.05) is 0 Å². The van der Waals surface area contributed by atoms with Gasteiger partial charge in [0.05, 0.1) is 12.5 Å². The highest BCUT2D eigenvalue weighted by Gasteiger charge is 1.96. The van der Waals surface area contributed by atoms with E-state index in [-0.39, 0.29) is 5.69 Å². The number of hydrogen-bond acceptors (Lipinski definition) is 4. The molecule has 0 spiro atoms. The third-order valence-corrected chi connectivity index (χ3v) is 1.67. The maximum atomic E-state index is 11.2. The van der Waals surface area contributed by atoms with Crippen molar-refractivity contribution in [2.45, 2.75) is 0 Å². The van der Waals surface area contributed by atoms with Crippen LogP contribution < -0.4 is 11.2 Å². The van der Waals surface area contributed by atoms with Crippen LogP contribution in [0.25, 0.3) is 0 Å². The molecule has 0 aliphatic rings. The number of aromatic nitrogens is 2. The van der Waals surface area contributed by atoms with E-state index in [2.05, 4.69) is 15.0 Å². The molecule has 15 heavy (non-hydrogen) atoms. The second kappa shape index (κ2) is 3.79. The van der Waals surface area contributed by atoms with Crippen molar-refractivity contribution in [1.82, 2.24) is 9.97 Å². The molecule has 0 radical (unpaired) electrons. The fraction of sp³-hybridized carbons (Fsp3) is 0. The van der Waals surface area contributed by atoms with Gasteiger partial charge in [-0.1, -0.05) is 0 Å². The predicted molar refractivity (Wildman–Crippen MR) is 53.6 cm³/mol. The van der Waals surface area contributed by atoms with Crippen molar-refractivity contribution in [2.75, 3.05) is 0 Å². The van der Waals surface area contributed by atoms with E-state index in [1.54, 1.807) is 12.1 Å². The van der Waals surface area contributed by atoms with E-state index in [9.17, 15) is 9.59 Å². The van der Waals surface area contributed by atoms with E-state index >= 15 is 0 Å². The van der Waals surface area contributed by atoms with E-state index in [0.717, 1.165) is 0 Å². The topological polar surface area (TPSA) is 91.2 Å². The molecule has 76 valence electrons. The summed E-state index contributed by atoms with van der Waals surface area (Å²) >= 11 is 0. The smallest absolute Gasteiger partial charge is 0.325 e. The van der Waals surface area contributed by atoms with Crippen LogP contribution in [-0.2, 0) is 0 Å². The lowest BCUT2D eigenvalue weighted by Gasteiger charge is -1.89. The molecule has 2 N–H and O–H groups in total. The van der Waals surface area contributed by atoms with Crippen LogP contribution >= 0.6 is 0 Å². The molecular formula is C9H7N3O3. The highest BCUT2D eigenvalue weighted by molar-refractivity contribution is 5.78. The number of nitrogens with one attached hydrogen (secondary N) is 2. The van der Waals surface area contributed by atoms with Crippen molar-refractivity contribution < 1.29 is 4.42 Å². The number of H-pyrrole nitrogens is 2. The Labute approximate surface area is 83.3 Å². The van der Waals surface area contributed by atoms with E-state index in [0.29, 0.717) is 5.76 Å². The first-order valence-electron chi connectivity index (χ1n) is 4.15. The summed E-state index contributed by atoms with van der Waals surface area (Å²) < 4.78 is 4.99. The van der Waals surface area contributed by atoms with Gasteiger partial charge in [-0.2, -0.15) is 0 Å².